The number of esters is 1. The van der Waals surface area contributed by atoms with Gasteiger partial charge in [0, 0.05) is 6.42 Å². The van der Waals surface area contributed by atoms with Crippen molar-refractivity contribution in [2.75, 3.05) is 0 Å². The molecule has 0 aromatic carbocycles. The van der Waals surface area contributed by atoms with E-state index in [2.05, 4.69) is 0 Å². The molecule has 1 atom stereocenters. The molecule has 0 aliphatic heterocycles. The largest absolute Gasteiger partial charge is 0.460 e. The maximum Gasteiger partial charge on any atom is 0.306 e. The van der Waals surface area contributed by atoms with Gasteiger partial charge in [0.25, 0.3) is 0 Å². The first kappa shape index (κ1) is 14.0. The zero-order chi connectivity index (χ0) is 12.3. The lowest BCUT2D eigenvalue weighted by Gasteiger charge is -2.23. The fourth-order valence-electron chi connectivity index (χ4n) is 0.825. The first-order chi connectivity index (χ1) is 6.54. The van der Waals surface area contributed by atoms with Crippen molar-refractivity contribution in [2.45, 2.75) is 44.7 Å². The van der Waals surface area contributed by atoms with E-state index < -0.39 is 22.9 Å². The molecule has 0 heterocycles. The highest BCUT2D eigenvalue weighted by atomic mass is 16.6. The summed E-state index contributed by atoms with van der Waals surface area (Å²) in [4.78, 5) is 22.0. The molecule has 0 saturated heterocycles. The molecule has 0 bridgehead atoms. The third kappa shape index (κ3) is 6.12. The van der Waals surface area contributed by atoms with Crippen LogP contribution >= 0.6 is 0 Å². The van der Waals surface area contributed by atoms with E-state index in [4.69, 9.17) is 24.1 Å². The summed E-state index contributed by atoms with van der Waals surface area (Å²) in [5.41, 5.74) is 8.09. The number of hydrogen-bond acceptors (Lipinski definition) is 4. The molecule has 0 rings (SSSR count). The zero-order valence-corrected chi connectivity index (χ0v) is 9.37. The number of rotatable bonds is 4. The van der Waals surface area contributed by atoms with Gasteiger partial charge in [0.2, 0.25) is 5.91 Å². The summed E-state index contributed by atoms with van der Waals surface area (Å²) in [6.07, 6.45) is -0.0650. The second kappa shape index (κ2) is 4.66. The standard InChI is InChI=1S/C9H17BN2O3/c1-8(2,3)15-6(13)4-5-9(10,12)7(11)14/h4-5,12H2,1-3H3,(H2,11,14)/t9-/m1/s1. The molecule has 6 heteroatoms. The monoisotopic (exact) mass is 212 g/mol. The van der Waals surface area contributed by atoms with Gasteiger partial charge in [0.1, 0.15) is 13.4 Å². The van der Waals surface area contributed by atoms with Crippen LogP contribution in [0.5, 0.6) is 0 Å². The number of carbonyl (C=O) groups is 2. The van der Waals surface area contributed by atoms with Gasteiger partial charge < -0.3 is 16.2 Å². The number of carbonyl (C=O) groups excluding carboxylic acids is 2. The van der Waals surface area contributed by atoms with Gasteiger partial charge >= 0.3 is 5.97 Å². The Morgan fingerprint density at radius 1 is 1.33 bits per heavy atom. The molecule has 5 nitrogen and oxygen atoms in total. The lowest BCUT2D eigenvalue weighted by atomic mass is 9.74. The smallest absolute Gasteiger partial charge is 0.306 e. The van der Waals surface area contributed by atoms with Gasteiger partial charge in [0.15, 0.2) is 0 Å². The number of hydrogen-bond donors (Lipinski definition) is 2. The predicted octanol–water partition coefficient (Wildman–Crippen LogP) is -0.583. The van der Waals surface area contributed by atoms with Crippen LogP contribution in [0.1, 0.15) is 33.6 Å². The SMILES string of the molecule is [B][C@@](N)(CCC(=O)OC(C)(C)C)C(N)=O. The van der Waals surface area contributed by atoms with E-state index in [0.29, 0.717) is 0 Å². The third-order valence-corrected chi connectivity index (χ3v) is 1.62. The van der Waals surface area contributed by atoms with Crippen LogP contribution in [-0.4, -0.2) is 30.8 Å². The number of nitrogens with two attached hydrogens (primary N) is 2. The summed E-state index contributed by atoms with van der Waals surface area (Å²) in [6, 6.07) is 0. The Balaban J connectivity index is 4.07. The topological polar surface area (TPSA) is 95.4 Å². The van der Waals surface area contributed by atoms with Crippen molar-refractivity contribution >= 4 is 19.7 Å². The lowest BCUT2D eigenvalue weighted by Crippen LogP contribution is -2.52. The van der Waals surface area contributed by atoms with E-state index in [1.54, 1.807) is 20.8 Å². The molecule has 15 heavy (non-hydrogen) atoms. The van der Waals surface area contributed by atoms with Gasteiger partial charge in [-0.05, 0) is 27.2 Å². The minimum atomic E-state index is -1.66. The molecular formula is C9H17BN2O3. The number of primary amides is 1. The minimum Gasteiger partial charge on any atom is -0.460 e. The summed E-state index contributed by atoms with van der Waals surface area (Å²) < 4.78 is 5.01. The van der Waals surface area contributed by atoms with Crippen LogP contribution in [0.4, 0.5) is 0 Å². The fourth-order valence-corrected chi connectivity index (χ4v) is 0.825. The highest BCUT2D eigenvalue weighted by Crippen LogP contribution is 2.11. The molecular weight excluding hydrogens is 195 g/mol. The molecule has 0 aromatic heterocycles. The molecule has 0 aliphatic rings. The lowest BCUT2D eigenvalue weighted by molar-refractivity contribution is -0.155. The van der Waals surface area contributed by atoms with E-state index in [1.807, 2.05) is 0 Å². The van der Waals surface area contributed by atoms with Crippen molar-refractivity contribution in [3.63, 3.8) is 0 Å². The molecule has 84 valence electrons. The van der Waals surface area contributed by atoms with Crippen LogP contribution in [0.3, 0.4) is 0 Å². The molecule has 0 saturated carbocycles. The van der Waals surface area contributed by atoms with Crippen molar-refractivity contribution < 1.29 is 14.3 Å². The van der Waals surface area contributed by atoms with Crippen LogP contribution in [-0.2, 0) is 14.3 Å². The highest BCUT2D eigenvalue weighted by molar-refractivity contribution is 6.27. The Bertz CT molecular complexity index is 259. The molecule has 0 aliphatic carbocycles. The summed E-state index contributed by atoms with van der Waals surface area (Å²) in [7, 11) is 5.37. The summed E-state index contributed by atoms with van der Waals surface area (Å²) in [5.74, 6) is -1.30. The molecule has 0 spiro atoms. The average molecular weight is 212 g/mol. The van der Waals surface area contributed by atoms with E-state index >= 15 is 0 Å². The van der Waals surface area contributed by atoms with E-state index in [1.165, 1.54) is 0 Å². The van der Waals surface area contributed by atoms with Crippen molar-refractivity contribution in [2.24, 2.45) is 11.5 Å². The summed E-state index contributed by atoms with van der Waals surface area (Å²) in [5, 5.41) is 0. The van der Waals surface area contributed by atoms with Gasteiger partial charge in [-0.1, -0.05) is 0 Å². The quantitative estimate of drug-likeness (QED) is 0.481. The average Bonchev–Trinajstić information content (AvgIpc) is 1.97. The first-order valence-corrected chi connectivity index (χ1v) is 4.64. The normalized spacial score (nSPS) is 15.5. The van der Waals surface area contributed by atoms with Gasteiger partial charge in [0.05, 0.1) is 5.44 Å². The second-order valence-corrected chi connectivity index (χ2v) is 4.49. The van der Waals surface area contributed by atoms with E-state index in [0.717, 1.165) is 0 Å². The number of ether oxygens (including phenoxy) is 1. The van der Waals surface area contributed by atoms with Gasteiger partial charge in [-0.2, -0.15) is 0 Å². The van der Waals surface area contributed by atoms with Crippen LogP contribution in [0, 0.1) is 0 Å². The van der Waals surface area contributed by atoms with Crippen LogP contribution in [0.15, 0.2) is 0 Å². The Hall–Kier alpha value is -1.04. The predicted molar refractivity (Wildman–Crippen MR) is 56.9 cm³/mol. The Labute approximate surface area is 90.9 Å². The maximum absolute atomic E-state index is 11.2. The van der Waals surface area contributed by atoms with Crippen molar-refractivity contribution in [3.8, 4) is 0 Å². The maximum atomic E-state index is 11.2. The molecule has 4 N–H and O–H groups in total. The van der Waals surface area contributed by atoms with E-state index in [-0.39, 0.29) is 12.8 Å². The van der Waals surface area contributed by atoms with Crippen molar-refractivity contribution in [3.05, 3.63) is 0 Å². The van der Waals surface area contributed by atoms with Crippen molar-refractivity contribution in [1.82, 2.24) is 0 Å². The Morgan fingerprint density at radius 3 is 2.13 bits per heavy atom. The second-order valence-electron chi connectivity index (χ2n) is 4.49. The molecule has 0 aromatic rings. The fraction of sp³-hybridized carbons (Fsp3) is 0.778. The summed E-state index contributed by atoms with van der Waals surface area (Å²) >= 11 is 0. The van der Waals surface area contributed by atoms with Gasteiger partial charge in [-0.3, -0.25) is 9.59 Å². The van der Waals surface area contributed by atoms with Gasteiger partial charge in [-0.25, -0.2) is 0 Å². The Morgan fingerprint density at radius 2 is 1.80 bits per heavy atom. The number of amides is 1. The molecule has 1 amide bonds. The van der Waals surface area contributed by atoms with Crippen LogP contribution in [0.25, 0.3) is 0 Å². The minimum absolute atomic E-state index is 0.0305. The Kier molecular flexibility index (Phi) is 4.34. The third-order valence-electron chi connectivity index (χ3n) is 1.62. The molecule has 2 radical (unpaired) electrons. The molecule has 0 fully saturated rings. The van der Waals surface area contributed by atoms with Crippen LogP contribution in [0.2, 0.25) is 0 Å². The van der Waals surface area contributed by atoms with Crippen LogP contribution < -0.4 is 11.5 Å². The first-order valence-electron chi connectivity index (χ1n) is 4.64. The highest BCUT2D eigenvalue weighted by Gasteiger charge is 2.26. The van der Waals surface area contributed by atoms with Gasteiger partial charge in [-0.15, -0.1) is 0 Å². The summed E-state index contributed by atoms with van der Waals surface area (Å²) in [6.45, 7) is 5.24. The molecule has 0 unspecified atom stereocenters. The van der Waals surface area contributed by atoms with Crippen molar-refractivity contribution in [1.29, 1.82) is 0 Å². The zero-order valence-electron chi connectivity index (χ0n) is 9.37. The van der Waals surface area contributed by atoms with E-state index in [9.17, 15) is 9.59 Å².